The third-order valence-electron chi connectivity index (χ3n) is 5.08. The van der Waals surface area contributed by atoms with Crippen molar-refractivity contribution < 1.29 is 4.92 Å². The summed E-state index contributed by atoms with van der Waals surface area (Å²) < 4.78 is 3.43. The van der Waals surface area contributed by atoms with Crippen molar-refractivity contribution in [2.45, 2.75) is 6.92 Å². The predicted molar refractivity (Wildman–Crippen MR) is 109 cm³/mol. The van der Waals surface area contributed by atoms with Crippen LogP contribution in [0.25, 0.3) is 33.1 Å². The Labute approximate surface area is 159 Å². The first kappa shape index (κ1) is 16.3. The highest BCUT2D eigenvalue weighted by Crippen LogP contribution is 2.27. The van der Waals surface area contributed by atoms with Crippen molar-refractivity contribution in [2.24, 2.45) is 0 Å². The second-order valence-corrected chi connectivity index (χ2v) is 6.83. The average molecular weight is 369 g/mol. The van der Waals surface area contributed by atoms with E-state index in [0.29, 0.717) is 16.7 Å². The van der Waals surface area contributed by atoms with E-state index in [9.17, 15) is 14.9 Å². The van der Waals surface area contributed by atoms with E-state index in [1.54, 1.807) is 10.6 Å². The summed E-state index contributed by atoms with van der Waals surface area (Å²) in [6, 6.07) is 21.8. The molecule has 0 saturated carbocycles. The fourth-order valence-corrected chi connectivity index (χ4v) is 3.74. The molecule has 136 valence electrons. The van der Waals surface area contributed by atoms with E-state index in [-0.39, 0.29) is 11.2 Å². The molecule has 5 rings (SSSR count). The lowest BCUT2D eigenvalue weighted by molar-refractivity contribution is -0.384. The second-order valence-electron chi connectivity index (χ2n) is 6.83. The molecule has 0 aliphatic rings. The van der Waals surface area contributed by atoms with E-state index >= 15 is 0 Å². The minimum absolute atomic E-state index is 0.0522. The summed E-state index contributed by atoms with van der Waals surface area (Å²) in [6.07, 6.45) is 0. The molecule has 0 fully saturated rings. The molecule has 0 aliphatic carbocycles. The first-order chi connectivity index (χ1) is 13.5. The summed E-state index contributed by atoms with van der Waals surface area (Å²) in [4.78, 5) is 24.4. The highest BCUT2D eigenvalue weighted by Gasteiger charge is 2.18. The van der Waals surface area contributed by atoms with Gasteiger partial charge in [-0.15, -0.1) is 0 Å². The third kappa shape index (κ3) is 2.24. The van der Waals surface area contributed by atoms with Crippen molar-refractivity contribution in [1.82, 2.24) is 8.97 Å². The van der Waals surface area contributed by atoms with Crippen molar-refractivity contribution in [2.75, 3.05) is 0 Å². The Balaban J connectivity index is 2.04. The summed E-state index contributed by atoms with van der Waals surface area (Å²) in [5.41, 5.74) is 4.14. The van der Waals surface area contributed by atoms with Gasteiger partial charge >= 0.3 is 0 Å². The van der Waals surface area contributed by atoms with E-state index in [1.807, 2.05) is 65.9 Å². The Morgan fingerprint density at radius 1 is 0.821 bits per heavy atom. The van der Waals surface area contributed by atoms with Crippen molar-refractivity contribution in [3.05, 3.63) is 98.8 Å². The van der Waals surface area contributed by atoms with E-state index < -0.39 is 4.92 Å². The molecule has 0 atom stereocenters. The van der Waals surface area contributed by atoms with Gasteiger partial charge in [0, 0.05) is 23.2 Å². The highest BCUT2D eigenvalue weighted by molar-refractivity contribution is 5.94. The van der Waals surface area contributed by atoms with Gasteiger partial charge in [0.25, 0.3) is 11.2 Å². The molecule has 0 bridgehead atoms. The van der Waals surface area contributed by atoms with Crippen molar-refractivity contribution in [3.8, 4) is 5.69 Å². The third-order valence-corrected chi connectivity index (χ3v) is 5.08. The van der Waals surface area contributed by atoms with Crippen molar-refractivity contribution in [1.29, 1.82) is 0 Å². The van der Waals surface area contributed by atoms with E-state index in [0.717, 1.165) is 22.0 Å². The van der Waals surface area contributed by atoms with Gasteiger partial charge in [-0.05, 0) is 37.3 Å². The van der Waals surface area contributed by atoms with E-state index in [2.05, 4.69) is 0 Å². The van der Waals surface area contributed by atoms with Crippen LogP contribution < -0.4 is 5.56 Å². The van der Waals surface area contributed by atoms with Crippen LogP contribution in [-0.2, 0) is 0 Å². The van der Waals surface area contributed by atoms with Crippen LogP contribution in [-0.4, -0.2) is 13.9 Å². The molecule has 2 aromatic heterocycles. The van der Waals surface area contributed by atoms with Crippen LogP contribution in [0.2, 0.25) is 0 Å². The fourth-order valence-electron chi connectivity index (χ4n) is 3.74. The quantitative estimate of drug-likeness (QED) is 0.337. The largest absolute Gasteiger partial charge is 0.303 e. The average Bonchev–Trinajstić information content (AvgIpc) is 3.09. The second kappa shape index (κ2) is 5.79. The number of para-hydroxylation sites is 1. The Morgan fingerprint density at radius 3 is 2.32 bits per heavy atom. The number of hydrogen-bond acceptors (Lipinski definition) is 3. The zero-order chi connectivity index (χ0) is 19.4. The Bertz CT molecular complexity index is 1460. The summed E-state index contributed by atoms with van der Waals surface area (Å²) in [7, 11) is 0. The van der Waals surface area contributed by atoms with Crippen LogP contribution in [0.5, 0.6) is 0 Å². The normalized spacial score (nSPS) is 11.5. The predicted octanol–water partition coefficient (Wildman–Crippen LogP) is 4.61. The Hall–Kier alpha value is -3.93. The fraction of sp³-hybridized carbons (Fsp3) is 0.0455. The lowest BCUT2D eigenvalue weighted by atomic mass is 10.2. The smallest absolute Gasteiger partial charge is 0.279 e. The number of hydrogen-bond donors (Lipinski definition) is 0. The standard InChI is InChI=1S/C22H15N3O3/c1-14-6-8-16(9-7-14)23-20-13-17(25(27)28)10-11-19(20)24-18-5-3-2-4-15(18)12-21(24)22(23)26/h2-13H,1H3. The van der Waals surface area contributed by atoms with Gasteiger partial charge in [0.05, 0.1) is 21.5 Å². The molecule has 0 amide bonds. The monoisotopic (exact) mass is 369 g/mol. The SMILES string of the molecule is Cc1ccc(-n2c(=O)c3cc4ccccc4n3c3ccc([N+](=O)[O-])cc32)cc1. The van der Waals surface area contributed by atoms with Crippen LogP contribution >= 0.6 is 0 Å². The van der Waals surface area contributed by atoms with Gasteiger partial charge in [-0.3, -0.25) is 19.5 Å². The minimum atomic E-state index is -0.443. The number of nitrogens with zero attached hydrogens (tertiary/aromatic N) is 3. The summed E-state index contributed by atoms with van der Waals surface area (Å²) >= 11 is 0. The number of aryl methyl sites for hydroxylation is 1. The summed E-state index contributed by atoms with van der Waals surface area (Å²) in [5, 5.41) is 12.3. The van der Waals surface area contributed by atoms with Gasteiger partial charge in [-0.2, -0.15) is 0 Å². The number of rotatable bonds is 2. The molecule has 6 heteroatoms. The Kier molecular flexibility index (Phi) is 3.36. The van der Waals surface area contributed by atoms with Gasteiger partial charge in [0.1, 0.15) is 5.52 Å². The number of nitro groups is 1. The molecule has 0 unspecified atom stereocenters. The van der Waals surface area contributed by atoms with Gasteiger partial charge in [-0.1, -0.05) is 35.9 Å². The molecule has 6 nitrogen and oxygen atoms in total. The highest BCUT2D eigenvalue weighted by atomic mass is 16.6. The van der Waals surface area contributed by atoms with Crippen LogP contribution in [0.1, 0.15) is 5.56 Å². The maximum Gasteiger partial charge on any atom is 0.279 e. The molecule has 5 aromatic rings. The number of fused-ring (bicyclic) bond motifs is 5. The van der Waals surface area contributed by atoms with Gasteiger partial charge in [0.2, 0.25) is 0 Å². The number of nitro benzene ring substituents is 1. The van der Waals surface area contributed by atoms with Gasteiger partial charge in [-0.25, -0.2) is 0 Å². The number of non-ortho nitro benzene ring substituents is 1. The maximum absolute atomic E-state index is 13.5. The van der Waals surface area contributed by atoms with Crippen molar-refractivity contribution >= 4 is 33.1 Å². The lowest BCUT2D eigenvalue weighted by Gasteiger charge is -2.13. The molecule has 0 saturated heterocycles. The van der Waals surface area contributed by atoms with Crippen LogP contribution in [0.15, 0.2) is 77.6 Å². The summed E-state index contributed by atoms with van der Waals surface area (Å²) in [5.74, 6) is 0. The van der Waals surface area contributed by atoms with Crippen LogP contribution in [0.3, 0.4) is 0 Å². The van der Waals surface area contributed by atoms with Crippen LogP contribution in [0, 0.1) is 17.0 Å². The first-order valence-electron chi connectivity index (χ1n) is 8.85. The van der Waals surface area contributed by atoms with Gasteiger partial charge in [0.15, 0.2) is 0 Å². The van der Waals surface area contributed by atoms with Crippen LogP contribution in [0.4, 0.5) is 5.69 Å². The molecule has 0 aliphatic heterocycles. The topological polar surface area (TPSA) is 69.5 Å². The number of benzene rings is 3. The van der Waals surface area contributed by atoms with E-state index in [4.69, 9.17) is 0 Å². The molecule has 3 aromatic carbocycles. The molecule has 0 N–H and O–H groups in total. The number of aromatic nitrogens is 2. The molecule has 0 spiro atoms. The molecule has 0 radical (unpaired) electrons. The van der Waals surface area contributed by atoms with E-state index in [1.165, 1.54) is 12.1 Å². The maximum atomic E-state index is 13.5. The lowest BCUT2D eigenvalue weighted by Crippen LogP contribution is -2.21. The first-order valence-corrected chi connectivity index (χ1v) is 8.85. The zero-order valence-corrected chi connectivity index (χ0v) is 15.0. The molecule has 2 heterocycles. The Morgan fingerprint density at radius 2 is 1.57 bits per heavy atom. The van der Waals surface area contributed by atoms with Crippen molar-refractivity contribution in [3.63, 3.8) is 0 Å². The molecular weight excluding hydrogens is 354 g/mol. The zero-order valence-electron chi connectivity index (χ0n) is 15.0. The minimum Gasteiger partial charge on any atom is -0.303 e. The summed E-state index contributed by atoms with van der Waals surface area (Å²) in [6.45, 7) is 1.97. The molecular formula is C22H15N3O3. The van der Waals surface area contributed by atoms with Gasteiger partial charge < -0.3 is 4.40 Å². The molecule has 28 heavy (non-hydrogen) atoms.